The second-order valence-corrected chi connectivity index (χ2v) is 5.63. The first-order valence-corrected chi connectivity index (χ1v) is 7.20. The summed E-state index contributed by atoms with van der Waals surface area (Å²) < 4.78 is 18.8. The minimum atomic E-state index is -0.726. The van der Waals surface area contributed by atoms with Crippen molar-refractivity contribution in [3.05, 3.63) is 29.6 Å². The van der Waals surface area contributed by atoms with E-state index in [1.54, 1.807) is 6.92 Å². The van der Waals surface area contributed by atoms with Crippen molar-refractivity contribution in [1.82, 2.24) is 0 Å². The number of hydrogen-bond acceptors (Lipinski definition) is 3. The molecular formula is C16H22FNO2. The summed E-state index contributed by atoms with van der Waals surface area (Å²) in [6.07, 6.45) is 2.67. The van der Waals surface area contributed by atoms with E-state index in [0.29, 0.717) is 12.3 Å². The lowest BCUT2D eigenvalue weighted by molar-refractivity contribution is -0.149. The fraction of sp³-hybridized carbons (Fsp3) is 0.562. The molecule has 1 saturated carbocycles. The lowest BCUT2D eigenvalue weighted by Crippen LogP contribution is -2.49. The monoisotopic (exact) mass is 279 g/mol. The van der Waals surface area contributed by atoms with E-state index in [0.717, 1.165) is 24.8 Å². The normalized spacial score (nSPS) is 25.5. The van der Waals surface area contributed by atoms with E-state index < -0.39 is 5.54 Å². The van der Waals surface area contributed by atoms with Gasteiger partial charge in [0.05, 0.1) is 6.61 Å². The van der Waals surface area contributed by atoms with Crippen molar-refractivity contribution in [2.75, 3.05) is 11.9 Å². The number of carbonyl (C=O) groups excluding carboxylic acids is 1. The lowest BCUT2D eigenvalue weighted by Gasteiger charge is -2.33. The molecule has 0 aliphatic heterocycles. The Labute approximate surface area is 119 Å². The summed E-state index contributed by atoms with van der Waals surface area (Å²) >= 11 is 0. The van der Waals surface area contributed by atoms with E-state index in [1.807, 2.05) is 19.9 Å². The number of esters is 1. The van der Waals surface area contributed by atoms with Crippen LogP contribution in [0.5, 0.6) is 0 Å². The Hall–Kier alpha value is -1.58. The van der Waals surface area contributed by atoms with Gasteiger partial charge in [-0.15, -0.1) is 0 Å². The Balaban J connectivity index is 2.31. The standard InChI is InChI=1S/C16H22FNO2/c1-4-20-15(19)16(7-5-6-12(16)3)18-14-9-11(2)8-13(17)10-14/h8-10,12,18H,4-7H2,1-3H3. The number of hydrogen-bond donors (Lipinski definition) is 1. The zero-order valence-corrected chi connectivity index (χ0v) is 12.3. The molecule has 0 saturated heterocycles. The Kier molecular flexibility index (Phi) is 4.31. The highest BCUT2D eigenvalue weighted by molar-refractivity contribution is 5.85. The van der Waals surface area contributed by atoms with Gasteiger partial charge in [-0.1, -0.05) is 13.3 Å². The Morgan fingerprint density at radius 1 is 1.50 bits per heavy atom. The number of aryl methyl sites for hydroxylation is 1. The van der Waals surface area contributed by atoms with Gasteiger partial charge in [0.1, 0.15) is 11.4 Å². The van der Waals surface area contributed by atoms with Crippen molar-refractivity contribution in [3.8, 4) is 0 Å². The van der Waals surface area contributed by atoms with Crippen molar-refractivity contribution >= 4 is 11.7 Å². The molecule has 0 radical (unpaired) electrons. The molecule has 1 aromatic carbocycles. The molecule has 2 atom stereocenters. The number of nitrogens with one attached hydrogen (secondary N) is 1. The van der Waals surface area contributed by atoms with Crippen molar-refractivity contribution in [3.63, 3.8) is 0 Å². The zero-order chi connectivity index (χ0) is 14.8. The van der Waals surface area contributed by atoms with Gasteiger partial charge in [0.2, 0.25) is 0 Å². The second kappa shape index (κ2) is 5.81. The number of benzene rings is 1. The predicted octanol–water partition coefficient (Wildman–Crippen LogP) is 3.67. The highest BCUT2D eigenvalue weighted by Crippen LogP contribution is 2.39. The Bertz CT molecular complexity index is 483. The van der Waals surface area contributed by atoms with E-state index in [2.05, 4.69) is 5.32 Å². The van der Waals surface area contributed by atoms with Gasteiger partial charge in [-0.2, -0.15) is 0 Å². The van der Waals surface area contributed by atoms with Crippen LogP contribution in [0.1, 0.15) is 38.7 Å². The van der Waals surface area contributed by atoms with Gasteiger partial charge in [-0.05, 0) is 56.4 Å². The maximum Gasteiger partial charge on any atom is 0.332 e. The highest BCUT2D eigenvalue weighted by Gasteiger charge is 2.48. The Morgan fingerprint density at radius 3 is 2.80 bits per heavy atom. The molecule has 110 valence electrons. The van der Waals surface area contributed by atoms with Crippen LogP contribution in [0.25, 0.3) is 0 Å². The fourth-order valence-electron chi connectivity index (χ4n) is 3.05. The third-order valence-electron chi connectivity index (χ3n) is 4.10. The van der Waals surface area contributed by atoms with Crippen LogP contribution in [0.3, 0.4) is 0 Å². The number of anilines is 1. The van der Waals surface area contributed by atoms with E-state index in [1.165, 1.54) is 12.1 Å². The van der Waals surface area contributed by atoms with E-state index in [9.17, 15) is 9.18 Å². The minimum Gasteiger partial charge on any atom is -0.464 e. The molecule has 0 amide bonds. The number of carbonyl (C=O) groups is 1. The molecule has 2 rings (SSSR count). The van der Waals surface area contributed by atoms with E-state index in [-0.39, 0.29) is 17.7 Å². The first-order valence-electron chi connectivity index (χ1n) is 7.20. The zero-order valence-electron chi connectivity index (χ0n) is 12.3. The van der Waals surface area contributed by atoms with Crippen molar-refractivity contribution < 1.29 is 13.9 Å². The quantitative estimate of drug-likeness (QED) is 0.855. The summed E-state index contributed by atoms with van der Waals surface area (Å²) in [4.78, 5) is 12.4. The van der Waals surface area contributed by atoms with Crippen LogP contribution in [0, 0.1) is 18.7 Å². The third kappa shape index (κ3) is 2.79. The molecule has 1 aliphatic rings. The van der Waals surface area contributed by atoms with Crippen molar-refractivity contribution in [2.45, 2.75) is 45.6 Å². The van der Waals surface area contributed by atoms with Crippen LogP contribution < -0.4 is 5.32 Å². The highest BCUT2D eigenvalue weighted by atomic mass is 19.1. The van der Waals surface area contributed by atoms with Gasteiger partial charge in [0.25, 0.3) is 0 Å². The summed E-state index contributed by atoms with van der Waals surface area (Å²) in [5.74, 6) is -0.353. The number of rotatable bonds is 4. The molecule has 2 unspecified atom stereocenters. The molecule has 3 nitrogen and oxygen atoms in total. The molecule has 1 fully saturated rings. The minimum absolute atomic E-state index is 0.171. The van der Waals surface area contributed by atoms with Crippen LogP contribution in [-0.2, 0) is 9.53 Å². The molecule has 4 heteroatoms. The fourth-order valence-corrected chi connectivity index (χ4v) is 3.05. The van der Waals surface area contributed by atoms with Crippen LogP contribution in [-0.4, -0.2) is 18.1 Å². The van der Waals surface area contributed by atoms with Crippen LogP contribution in [0.4, 0.5) is 10.1 Å². The summed E-state index contributed by atoms with van der Waals surface area (Å²) in [5.41, 5.74) is 0.748. The molecule has 0 aromatic heterocycles. The molecule has 0 spiro atoms. The maximum atomic E-state index is 13.5. The van der Waals surface area contributed by atoms with Gasteiger partial charge in [0.15, 0.2) is 0 Å². The summed E-state index contributed by atoms with van der Waals surface area (Å²) in [6.45, 7) is 6.04. The second-order valence-electron chi connectivity index (χ2n) is 5.63. The summed E-state index contributed by atoms with van der Waals surface area (Å²) in [6, 6.07) is 4.76. The molecule has 1 N–H and O–H groups in total. The summed E-state index contributed by atoms with van der Waals surface area (Å²) in [7, 11) is 0. The molecule has 0 bridgehead atoms. The maximum absolute atomic E-state index is 13.5. The molecule has 20 heavy (non-hydrogen) atoms. The van der Waals surface area contributed by atoms with Crippen molar-refractivity contribution in [1.29, 1.82) is 0 Å². The number of halogens is 1. The van der Waals surface area contributed by atoms with Crippen LogP contribution in [0.2, 0.25) is 0 Å². The molecule has 1 aliphatic carbocycles. The molecular weight excluding hydrogens is 257 g/mol. The lowest BCUT2D eigenvalue weighted by atomic mass is 9.88. The van der Waals surface area contributed by atoms with Crippen LogP contribution >= 0.6 is 0 Å². The topological polar surface area (TPSA) is 38.3 Å². The number of ether oxygens (including phenoxy) is 1. The largest absolute Gasteiger partial charge is 0.464 e. The SMILES string of the molecule is CCOC(=O)C1(Nc2cc(C)cc(F)c2)CCCC1C. The van der Waals surface area contributed by atoms with Crippen molar-refractivity contribution in [2.24, 2.45) is 5.92 Å². The van der Waals surface area contributed by atoms with Gasteiger partial charge in [-0.25, -0.2) is 9.18 Å². The average Bonchev–Trinajstić information content (AvgIpc) is 2.71. The van der Waals surface area contributed by atoms with Gasteiger partial charge < -0.3 is 10.1 Å². The van der Waals surface area contributed by atoms with Gasteiger partial charge >= 0.3 is 5.97 Å². The van der Waals surface area contributed by atoms with Gasteiger partial charge in [-0.3, -0.25) is 0 Å². The van der Waals surface area contributed by atoms with Gasteiger partial charge in [0, 0.05) is 5.69 Å². The van der Waals surface area contributed by atoms with E-state index in [4.69, 9.17) is 4.74 Å². The third-order valence-corrected chi connectivity index (χ3v) is 4.10. The average molecular weight is 279 g/mol. The Morgan fingerprint density at radius 2 is 2.25 bits per heavy atom. The molecule has 0 heterocycles. The van der Waals surface area contributed by atoms with E-state index >= 15 is 0 Å². The smallest absolute Gasteiger partial charge is 0.332 e. The summed E-state index contributed by atoms with van der Waals surface area (Å²) in [5, 5.41) is 3.26. The molecule has 1 aromatic rings. The predicted molar refractivity (Wildman–Crippen MR) is 77.1 cm³/mol. The first-order chi connectivity index (χ1) is 9.48. The first kappa shape index (κ1) is 14.8. The van der Waals surface area contributed by atoms with Crippen LogP contribution in [0.15, 0.2) is 18.2 Å².